The summed E-state index contributed by atoms with van der Waals surface area (Å²) in [6.45, 7) is 3.80. The molecule has 0 bridgehead atoms. The van der Waals surface area contributed by atoms with Crippen LogP contribution in [0.4, 0.5) is 17.1 Å². The van der Waals surface area contributed by atoms with Crippen LogP contribution in [-0.2, 0) is 9.59 Å². The van der Waals surface area contributed by atoms with E-state index in [2.05, 4.69) is 10.6 Å². The van der Waals surface area contributed by atoms with Crippen LogP contribution in [0.15, 0.2) is 66.2 Å². The maximum Gasteiger partial charge on any atom is 0.250 e. The molecule has 0 spiro atoms. The number of nitrogens with zero attached hydrogens (tertiary/aromatic N) is 1. The molecule has 0 aromatic heterocycles. The molecular weight excluding hydrogens is 370 g/mol. The summed E-state index contributed by atoms with van der Waals surface area (Å²) in [5, 5.41) is 6.25. The summed E-state index contributed by atoms with van der Waals surface area (Å²) in [6, 6.07) is 17.0. The van der Waals surface area contributed by atoms with Gasteiger partial charge in [-0.1, -0.05) is 31.2 Å². The Balaban J connectivity index is 1.62. The number of carbonyl (C=O) groups is 2. The van der Waals surface area contributed by atoms with Crippen molar-refractivity contribution in [3.8, 4) is 0 Å². The summed E-state index contributed by atoms with van der Waals surface area (Å²) in [5.41, 5.74) is 3.36. The van der Waals surface area contributed by atoms with Crippen LogP contribution in [0, 0.1) is 0 Å². The van der Waals surface area contributed by atoms with E-state index in [1.54, 1.807) is 16.7 Å². The molecule has 3 rings (SSSR count). The van der Waals surface area contributed by atoms with Gasteiger partial charge in [0.05, 0.1) is 5.88 Å². The van der Waals surface area contributed by atoms with Crippen molar-refractivity contribution in [3.05, 3.63) is 66.2 Å². The Hall–Kier alpha value is -2.73. The van der Waals surface area contributed by atoms with Gasteiger partial charge >= 0.3 is 0 Å². The van der Waals surface area contributed by atoms with Gasteiger partial charge in [-0.25, -0.2) is 0 Å². The van der Waals surface area contributed by atoms with E-state index in [0.29, 0.717) is 22.9 Å². The largest absolute Gasteiger partial charge is 0.356 e. The quantitative estimate of drug-likeness (QED) is 0.700. The van der Waals surface area contributed by atoms with E-state index in [0.717, 1.165) is 17.8 Å². The van der Waals surface area contributed by atoms with Gasteiger partial charge in [0.25, 0.3) is 5.91 Å². The van der Waals surface area contributed by atoms with Crippen LogP contribution in [0.3, 0.4) is 0 Å². The molecule has 0 saturated carbocycles. The second-order valence-corrected chi connectivity index (χ2v) is 7.64. The van der Waals surface area contributed by atoms with Crippen molar-refractivity contribution in [1.82, 2.24) is 4.90 Å². The minimum absolute atomic E-state index is 0.0607. The summed E-state index contributed by atoms with van der Waals surface area (Å²) in [4.78, 5) is 27.0. The number of para-hydroxylation sites is 1. The predicted molar refractivity (Wildman–Crippen MR) is 117 cm³/mol. The zero-order valence-electron chi connectivity index (χ0n) is 16.1. The first-order valence-electron chi connectivity index (χ1n) is 9.37. The predicted octanol–water partition coefficient (Wildman–Crippen LogP) is 4.63. The summed E-state index contributed by atoms with van der Waals surface area (Å²) in [6.07, 6.45) is 2.71. The van der Waals surface area contributed by atoms with Crippen LogP contribution in [0.25, 0.3) is 0 Å². The van der Waals surface area contributed by atoms with E-state index in [9.17, 15) is 9.59 Å². The van der Waals surface area contributed by atoms with Gasteiger partial charge in [0, 0.05) is 28.4 Å². The molecule has 2 aromatic carbocycles. The topological polar surface area (TPSA) is 61.4 Å². The van der Waals surface area contributed by atoms with Crippen LogP contribution in [0.2, 0.25) is 0 Å². The number of hydrogen-bond acceptors (Lipinski definition) is 4. The SMILES string of the molecule is CCC=C(C)C(=O)N1CSCC1C(=O)Nc1ccc(Nc2ccccc2)cc1. The maximum atomic E-state index is 12.7. The third-order valence-corrected chi connectivity index (χ3v) is 5.52. The third-order valence-electron chi connectivity index (χ3n) is 4.51. The second-order valence-electron chi connectivity index (χ2n) is 6.64. The van der Waals surface area contributed by atoms with E-state index >= 15 is 0 Å². The number of hydrogen-bond donors (Lipinski definition) is 2. The lowest BCUT2D eigenvalue weighted by Crippen LogP contribution is -2.44. The van der Waals surface area contributed by atoms with Crippen LogP contribution in [0.1, 0.15) is 20.3 Å². The average Bonchev–Trinajstić information content (AvgIpc) is 3.20. The van der Waals surface area contributed by atoms with Gasteiger partial charge < -0.3 is 15.5 Å². The fraction of sp³-hybridized carbons (Fsp3) is 0.273. The molecule has 2 N–H and O–H groups in total. The van der Waals surface area contributed by atoms with Gasteiger partial charge in [0.15, 0.2) is 0 Å². The number of thioether (sulfide) groups is 1. The molecule has 1 fully saturated rings. The van der Waals surface area contributed by atoms with Gasteiger partial charge in [0.2, 0.25) is 5.91 Å². The third kappa shape index (κ3) is 4.95. The van der Waals surface area contributed by atoms with E-state index < -0.39 is 6.04 Å². The Bertz CT molecular complexity index is 850. The fourth-order valence-electron chi connectivity index (χ4n) is 3.03. The highest BCUT2D eigenvalue weighted by molar-refractivity contribution is 7.99. The zero-order valence-corrected chi connectivity index (χ0v) is 17.0. The molecule has 0 aliphatic carbocycles. The van der Waals surface area contributed by atoms with Crippen molar-refractivity contribution in [2.45, 2.75) is 26.3 Å². The fourth-order valence-corrected chi connectivity index (χ4v) is 4.18. The van der Waals surface area contributed by atoms with Crippen molar-refractivity contribution in [1.29, 1.82) is 0 Å². The van der Waals surface area contributed by atoms with Crippen LogP contribution in [0.5, 0.6) is 0 Å². The summed E-state index contributed by atoms with van der Waals surface area (Å²) in [7, 11) is 0. The molecule has 1 heterocycles. The molecule has 1 atom stereocenters. The number of amides is 2. The first kappa shape index (κ1) is 20.0. The molecule has 2 aromatic rings. The smallest absolute Gasteiger partial charge is 0.250 e. The Labute approximate surface area is 170 Å². The molecule has 146 valence electrons. The van der Waals surface area contributed by atoms with Gasteiger partial charge in [-0.05, 0) is 49.7 Å². The van der Waals surface area contributed by atoms with Gasteiger partial charge in [-0.15, -0.1) is 11.8 Å². The van der Waals surface area contributed by atoms with Gasteiger partial charge in [-0.3, -0.25) is 9.59 Å². The van der Waals surface area contributed by atoms with Crippen molar-refractivity contribution < 1.29 is 9.59 Å². The van der Waals surface area contributed by atoms with Crippen molar-refractivity contribution >= 4 is 40.6 Å². The molecule has 1 saturated heterocycles. The lowest BCUT2D eigenvalue weighted by Gasteiger charge is -2.23. The highest BCUT2D eigenvalue weighted by Gasteiger charge is 2.35. The monoisotopic (exact) mass is 395 g/mol. The number of nitrogens with one attached hydrogen (secondary N) is 2. The zero-order chi connectivity index (χ0) is 19.9. The summed E-state index contributed by atoms with van der Waals surface area (Å²) in [5.74, 6) is 0.955. The average molecular weight is 396 g/mol. The normalized spacial score (nSPS) is 16.7. The van der Waals surface area contributed by atoms with Crippen molar-refractivity contribution in [2.75, 3.05) is 22.3 Å². The molecular formula is C22H25N3O2S. The summed E-state index contributed by atoms with van der Waals surface area (Å²) < 4.78 is 0. The lowest BCUT2D eigenvalue weighted by atomic mass is 10.2. The minimum atomic E-state index is -0.445. The van der Waals surface area contributed by atoms with Crippen molar-refractivity contribution in [3.63, 3.8) is 0 Å². The van der Waals surface area contributed by atoms with Gasteiger partial charge in [0.1, 0.15) is 6.04 Å². The minimum Gasteiger partial charge on any atom is -0.356 e. The van der Waals surface area contributed by atoms with Crippen LogP contribution >= 0.6 is 11.8 Å². The second kappa shape index (κ2) is 9.46. The van der Waals surface area contributed by atoms with E-state index in [1.165, 1.54) is 0 Å². The lowest BCUT2D eigenvalue weighted by molar-refractivity contribution is -0.133. The number of anilines is 3. The number of rotatable bonds is 6. The first-order chi connectivity index (χ1) is 13.6. The number of carbonyl (C=O) groups excluding carboxylic acids is 2. The molecule has 6 heteroatoms. The molecule has 0 radical (unpaired) electrons. The summed E-state index contributed by atoms with van der Waals surface area (Å²) >= 11 is 1.60. The molecule has 5 nitrogen and oxygen atoms in total. The molecule has 28 heavy (non-hydrogen) atoms. The van der Waals surface area contributed by atoms with E-state index in [-0.39, 0.29) is 11.8 Å². The van der Waals surface area contributed by atoms with E-state index in [1.807, 2.05) is 74.5 Å². The highest BCUT2D eigenvalue weighted by Crippen LogP contribution is 2.25. The molecule has 2 amide bonds. The Morgan fingerprint density at radius 2 is 1.71 bits per heavy atom. The number of allylic oxidation sites excluding steroid dienone is 1. The molecule has 1 aliphatic rings. The number of benzene rings is 2. The Morgan fingerprint density at radius 1 is 1.07 bits per heavy atom. The molecule has 1 unspecified atom stereocenters. The van der Waals surface area contributed by atoms with E-state index in [4.69, 9.17) is 0 Å². The Kier molecular flexibility index (Phi) is 6.76. The van der Waals surface area contributed by atoms with Crippen molar-refractivity contribution in [2.24, 2.45) is 0 Å². The van der Waals surface area contributed by atoms with Crippen LogP contribution < -0.4 is 10.6 Å². The standard InChI is InChI=1S/C22H25N3O2S/c1-3-7-16(2)22(27)25-15-28-14-20(25)21(26)24-19-12-10-18(11-13-19)23-17-8-5-4-6-9-17/h4-13,20,23H,3,14-15H2,1-2H3,(H,24,26). The van der Waals surface area contributed by atoms with Gasteiger partial charge in [-0.2, -0.15) is 0 Å². The highest BCUT2D eigenvalue weighted by atomic mass is 32.2. The molecule has 1 aliphatic heterocycles. The Morgan fingerprint density at radius 3 is 2.39 bits per heavy atom. The first-order valence-corrected chi connectivity index (χ1v) is 10.5. The maximum absolute atomic E-state index is 12.7. The van der Waals surface area contributed by atoms with Crippen LogP contribution in [-0.4, -0.2) is 34.4 Å².